The first-order chi connectivity index (χ1) is 5.80. The maximum atomic E-state index is 9.23. The molecule has 3 aliphatic rings. The summed E-state index contributed by atoms with van der Waals surface area (Å²) in [6.45, 7) is 4.20. The van der Waals surface area contributed by atoms with Crippen LogP contribution in [-0.4, -0.2) is 11.7 Å². The van der Waals surface area contributed by atoms with E-state index in [9.17, 15) is 5.11 Å². The van der Waals surface area contributed by atoms with E-state index in [1.165, 1.54) is 12.8 Å². The first kappa shape index (κ1) is 8.06. The average Bonchev–Trinajstić information content (AvgIpc) is 2.19. The second-order valence-corrected chi connectivity index (χ2v) is 4.09. The van der Waals surface area contributed by atoms with Crippen LogP contribution in [0.15, 0.2) is 24.8 Å². The molecular formula is C11H16O. The van der Waals surface area contributed by atoms with Crippen LogP contribution >= 0.6 is 0 Å². The Hall–Kier alpha value is -0.560. The molecule has 0 radical (unpaired) electrons. The maximum Gasteiger partial charge on any atom is 0.0470 e. The summed E-state index contributed by atoms with van der Waals surface area (Å²) in [6, 6.07) is 0. The van der Waals surface area contributed by atoms with Crippen LogP contribution in [0.25, 0.3) is 0 Å². The SMILES string of the molecule is C=CC12C=CC(CC1)CC2CO. The lowest BCUT2D eigenvalue weighted by atomic mass is 9.59. The van der Waals surface area contributed by atoms with E-state index in [0.717, 1.165) is 12.3 Å². The molecule has 1 nitrogen and oxygen atoms in total. The molecule has 3 unspecified atom stereocenters. The molecule has 3 aliphatic carbocycles. The van der Waals surface area contributed by atoms with Gasteiger partial charge in [-0.15, -0.1) is 6.58 Å². The van der Waals surface area contributed by atoms with Gasteiger partial charge in [0.2, 0.25) is 0 Å². The molecule has 2 bridgehead atoms. The molecule has 1 heteroatoms. The monoisotopic (exact) mass is 164 g/mol. The summed E-state index contributed by atoms with van der Waals surface area (Å²) in [5.41, 5.74) is 0.128. The molecule has 0 heterocycles. The third-order valence-corrected chi connectivity index (χ3v) is 3.57. The van der Waals surface area contributed by atoms with Gasteiger partial charge < -0.3 is 5.11 Å². The fourth-order valence-corrected chi connectivity index (χ4v) is 2.63. The van der Waals surface area contributed by atoms with Crippen LogP contribution < -0.4 is 0 Å². The third kappa shape index (κ3) is 0.962. The van der Waals surface area contributed by atoms with Gasteiger partial charge in [-0.25, -0.2) is 0 Å². The summed E-state index contributed by atoms with van der Waals surface area (Å²) >= 11 is 0. The van der Waals surface area contributed by atoms with Gasteiger partial charge in [0.15, 0.2) is 0 Å². The summed E-state index contributed by atoms with van der Waals surface area (Å²) in [7, 11) is 0. The normalized spacial score (nSPS) is 44.8. The van der Waals surface area contributed by atoms with E-state index >= 15 is 0 Å². The number of fused-ring (bicyclic) bond motifs is 2. The summed E-state index contributed by atoms with van der Waals surface area (Å²) in [5.74, 6) is 1.16. The molecule has 0 aromatic heterocycles. The van der Waals surface area contributed by atoms with Crippen LogP contribution in [0.4, 0.5) is 0 Å². The van der Waals surface area contributed by atoms with Crippen molar-refractivity contribution in [3.8, 4) is 0 Å². The molecule has 0 aliphatic heterocycles. The van der Waals surface area contributed by atoms with Crippen molar-refractivity contribution in [3.63, 3.8) is 0 Å². The molecule has 66 valence electrons. The van der Waals surface area contributed by atoms with Crippen molar-refractivity contribution in [3.05, 3.63) is 24.8 Å². The highest BCUT2D eigenvalue weighted by Gasteiger charge is 2.41. The van der Waals surface area contributed by atoms with Crippen molar-refractivity contribution in [2.75, 3.05) is 6.61 Å². The lowest BCUT2D eigenvalue weighted by Gasteiger charge is -2.46. The minimum absolute atomic E-state index is 0.128. The maximum absolute atomic E-state index is 9.23. The van der Waals surface area contributed by atoms with Crippen LogP contribution in [0, 0.1) is 17.3 Å². The van der Waals surface area contributed by atoms with Crippen LogP contribution in [-0.2, 0) is 0 Å². The van der Waals surface area contributed by atoms with E-state index < -0.39 is 0 Å². The van der Waals surface area contributed by atoms with Crippen molar-refractivity contribution < 1.29 is 5.11 Å². The molecule has 12 heavy (non-hydrogen) atoms. The number of hydrogen-bond acceptors (Lipinski definition) is 1. The Morgan fingerprint density at radius 2 is 2.50 bits per heavy atom. The van der Waals surface area contributed by atoms with Crippen LogP contribution in [0.3, 0.4) is 0 Å². The van der Waals surface area contributed by atoms with Gasteiger partial charge in [-0.3, -0.25) is 0 Å². The lowest BCUT2D eigenvalue weighted by Crippen LogP contribution is -2.38. The molecule has 0 spiro atoms. The number of aliphatic hydroxyl groups is 1. The molecule has 3 atom stereocenters. The van der Waals surface area contributed by atoms with Crippen molar-refractivity contribution in [1.82, 2.24) is 0 Å². The molecule has 0 amide bonds. The zero-order chi connectivity index (χ0) is 8.60. The highest BCUT2D eigenvalue weighted by atomic mass is 16.3. The average molecular weight is 164 g/mol. The predicted octanol–water partition coefficient (Wildman–Crippen LogP) is 2.14. The third-order valence-electron chi connectivity index (χ3n) is 3.57. The minimum Gasteiger partial charge on any atom is -0.396 e. The fraction of sp³-hybridized carbons (Fsp3) is 0.636. The van der Waals surface area contributed by atoms with Gasteiger partial charge >= 0.3 is 0 Å². The Balaban J connectivity index is 2.31. The van der Waals surface area contributed by atoms with Gasteiger partial charge in [0.05, 0.1) is 0 Å². The van der Waals surface area contributed by atoms with E-state index in [2.05, 4.69) is 18.7 Å². The van der Waals surface area contributed by atoms with E-state index in [1.54, 1.807) is 0 Å². The molecule has 3 rings (SSSR count). The quantitative estimate of drug-likeness (QED) is 0.620. The molecular weight excluding hydrogens is 148 g/mol. The van der Waals surface area contributed by atoms with Crippen molar-refractivity contribution in [1.29, 1.82) is 0 Å². The number of rotatable bonds is 2. The highest BCUT2D eigenvalue weighted by molar-refractivity contribution is 5.20. The standard InChI is InChI=1S/C11H16O/c1-2-11-5-3-9(4-6-11)7-10(11)8-12/h2-3,5,9-10,12H,1,4,6-8H2. The Kier molecular flexibility index (Phi) is 1.84. The number of allylic oxidation sites excluding steroid dienone is 3. The van der Waals surface area contributed by atoms with Gasteiger partial charge in [-0.2, -0.15) is 0 Å². The van der Waals surface area contributed by atoms with Gasteiger partial charge in [0, 0.05) is 12.0 Å². The van der Waals surface area contributed by atoms with Gasteiger partial charge in [0.25, 0.3) is 0 Å². The first-order valence-electron chi connectivity index (χ1n) is 4.74. The van der Waals surface area contributed by atoms with E-state index in [1.807, 2.05) is 6.08 Å². The van der Waals surface area contributed by atoms with Gasteiger partial charge in [-0.05, 0) is 31.1 Å². The van der Waals surface area contributed by atoms with Gasteiger partial charge in [-0.1, -0.05) is 18.2 Å². The molecule has 0 saturated heterocycles. The summed E-state index contributed by atoms with van der Waals surface area (Å²) < 4.78 is 0. The Morgan fingerprint density at radius 1 is 1.67 bits per heavy atom. The van der Waals surface area contributed by atoms with E-state index in [4.69, 9.17) is 0 Å². The largest absolute Gasteiger partial charge is 0.396 e. The van der Waals surface area contributed by atoms with Crippen molar-refractivity contribution in [2.24, 2.45) is 17.3 Å². The summed E-state index contributed by atoms with van der Waals surface area (Å²) in [4.78, 5) is 0. The van der Waals surface area contributed by atoms with Crippen molar-refractivity contribution >= 4 is 0 Å². The highest BCUT2D eigenvalue weighted by Crippen LogP contribution is 2.49. The molecule has 0 aromatic rings. The summed E-state index contributed by atoms with van der Waals surface area (Å²) in [6.07, 6.45) is 10.2. The molecule has 1 fully saturated rings. The Bertz CT molecular complexity index is 219. The zero-order valence-electron chi connectivity index (χ0n) is 7.37. The number of hydrogen-bond donors (Lipinski definition) is 1. The van der Waals surface area contributed by atoms with E-state index in [-0.39, 0.29) is 5.41 Å². The second kappa shape index (κ2) is 2.74. The molecule has 1 saturated carbocycles. The minimum atomic E-state index is 0.128. The van der Waals surface area contributed by atoms with Crippen molar-refractivity contribution in [2.45, 2.75) is 19.3 Å². The van der Waals surface area contributed by atoms with Crippen LogP contribution in [0.2, 0.25) is 0 Å². The second-order valence-electron chi connectivity index (χ2n) is 4.09. The van der Waals surface area contributed by atoms with E-state index in [0.29, 0.717) is 12.5 Å². The first-order valence-corrected chi connectivity index (χ1v) is 4.74. The fourth-order valence-electron chi connectivity index (χ4n) is 2.63. The summed E-state index contributed by atoms with van der Waals surface area (Å²) in [5, 5.41) is 9.23. The van der Waals surface area contributed by atoms with Gasteiger partial charge in [0.1, 0.15) is 0 Å². The topological polar surface area (TPSA) is 20.2 Å². The van der Waals surface area contributed by atoms with Crippen LogP contribution in [0.5, 0.6) is 0 Å². The smallest absolute Gasteiger partial charge is 0.0470 e. The number of aliphatic hydroxyl groups excluding tert-OH is 1. The molecule has 1 N–H and O–H groups in total. The zero-order valence-corrected chi connectivity index (χ0v) is 7.37. The van der Waals surface area contributed by atoms with Crippen LogP contribution in [0.1, 0.15) is 19.3 Å². The lowest BCUT2D eigenvalue weighted by molar-refractivity contribution is 0.0855. The predicted molar refractivity (Wildman–Crippen MR) is 49.7 cm³/mol. The molecule has 0 aromatic carbocycles. The Labute approximate surface area is 73.8 Å². The Morgan fingerprint density at radius 3 is 2.92 bits per heavy atom.